The first kappa shape index (κ1) is 15.3. The molecule has 4 rings (SSSR count). The van der Waals surface area contributed by atoms with Gasteiger partial charge in [-0.05, 0) is 36.8 Å². The molecule has 0 unspecified atom stereocenters. The lowest BCUT2D eigenvalue weighted by molar-refractivity contribution is -0.134. The van der Waals surface area contributed by atoms with Gasteiger partial charge in [-0.15, -0.1) is 0 Å². The van der Waals surface area contributed by atoms with Crippen molar-refractivity contribution in [2.75, 3.05) is 5.32 Å². The standard InChI is InChI=1S/C19H15N3O3/c1-19(11-12-4-2-3-5-14(12)17(23)25-19)18(24)22-13-6-7-15-16(10-13)21-9-8-20-15/h2-10H,11H2,1H3,(H,22,24)/t19-/m1/s1. The minimum Gasteiger partial charge on any atom is -0.445 e. The van der Waals surface area contributed by atoms with Crippen LogP contribution >= 0.6 is 0 Å². The summed E-state index contributed by atoms with van der Waals surface area (Å²) in [6.45, 7) is 1.62. The lowest BCUT2D eigenvalue weighted by Gasteiger charge is -2.33. The van der Waals surface area contributed by atoms with Crippen molar-refractivity contribution in [3.8, 4) is 0 Å². The van der Waals surface area contributed by atoms with E-state index < -0.39 is 11.6 Å². The first-order valence-electron chi connectivity index (χ1n) is 7.89. The molecule has 0 saturated heterocycles. The Labute approximate surface area is 143 Å². The first-order chi connectivity index (χ1) is 12.0. The van der Waals surface area contributed by atoms with Crippen LogP contribution in [0.4, 0.5) is 5.69 Å². The molecule has 1 aliphatic rings. The van der Waals surface area contributed by atoms with Crippen molar-refractivity contribution in [3.05, 3.63) is 66.0 Å². The smallest absolute Gasteiger partial charge is 0.339 e. The molecule has 1 aromatic heterocycles. The molecule has 25 heavy (non-hydrogen) atoms. The van der Waals surface area contributed by atoms with Gasteiger partial charge in [0.05, 0.1) is 16.6 Å². The Morgan fingerprint density at radius 3 is 2.72 bits per heavy atom. The molecule has 0 saturated carbocycles. The van der Waals surface area contributed by atoms with Crippen molar-refractivity contribution in [3.63, 3.8) is 0 Å². The fourth-order valence-corrected chi connectivity index (χ4v) is 2.96. The average molecular weight is 333 g/mol. The van der Waals surface area contributed by atoms with E-state index in [1.165, 1.54) is 0 Å². The third-order valence-electron chi connectivity index (χ3n) is 4.29. The highest BCUT2D eigenvalue weighted by Gasteiger charge is 2.42. The van der Waals surface area contributed by atoms with Crippen LogP contribution in [0.3, 0.4) is 0 Å². The van der Waals surface area contributed by atoms with Gasteiger partial charge in [0.2, 0.25) is 0 Å². The Morgan fingerprint density at radius 2 is 1.88 bits per heavy atom. The Bertz CT molecular complexity index is 1000. The van der Waals surface area contributed by atoms with Crippen molar-refractivity contribution in [1.29, 1.82) is 0 Å². The Balaban J connectivity index is 1.61. The van der Waals surface area contributed by atoms with E-state index >= 15 is 0 Å². The second-order valence-electron chi connectivity index (χ2n) is 6.17. The number of nitrogens with one attached hydrogen (secondary N) is 1. The summed E-state index contributed by atoms with van der Waals surface area (Å²) in [7, 11) is 0. The second-order valence-corrected chi connectivity index (χ2v) is 6.17. The van der Waals surface area contributed by atoms with Crippen molar-refractivity contribution in [1.82, 2.24) is 9.97 Å². The predicted octanol–water partition coefficient (Wildman–Crippen LogP) is 2.74. The molecular weight excluding hydrogens is 318 g/mol. The number of cyclic esters (lactones) is 1. The summed E-state index contributed by atoms with van der Waals surface area (Å²) in [5.41, 5.74) is 2.05. The molecule has 2 heterocycles. The van der Waals surface area contributed by atoms with Crippen molar-refractivity contribution in [2.24, 2.45) is 0 Å². The van der Waals surface area contributed by atoms with Crippen LogP contribution in [-0.4, -0.2) is 27.4 Å². The van der Waals surface area contributed by atoms with Crippen LogP contribution in [-0.2, 0) is 16.0 Å². The number of hydrogen-bond donors (Lipinski definition) is 1. The molecule has 124 valence electrons. The third-order valence-corrected chi connectivity index (χ3v) is 4.29. The van der Waals surface area contributed by atoms with Gasteiger partial charge >= 0.3 is 5.97 Å². The lowest BCUT2D eigenvalue weighted by atomic mass is 9.89. The zero-order chi connectivity index (χ0) is 17.4. The molecule has 1 amide bonds. The largest absolute Gasteiger partial charge is 0.445 e. The molecule has 1 aliphatic heterocycles. The van der Waals surface area contributed by atoms with Crippen LogP contribution in [0.1, 0.15) is 22.8 Å². The minimum atomic E-state index is -1.26. The van der Waals surface area contributed by atoms with Gasteiger partial charge in [0.15, 0.2) is 5.60 Å². The highest BCUT2D eigenvalue weighted by molar-refractivity contribution is 6.03. The molecule has 0 bridgehead atoms. The second kappa shape index (κ2) is 5.66. The number of carbonyl (C=O) groups is 2. The van der Waals surface area contributed by atoms with E-state index in [4.69, 9.17) is 4.74 Å². The van der Waals surface area contributed by atoms with E-state index in [1.807, 2.05) is 12.1 Å². The number of carbonyl (C=O) groups excluding carboxylic acids is 2. The van der Waals surface area contributed by atoms with Gasteiger partial charge < -0.3 is 10.1 Å². The molecule has 6 nitrogen and oxygen atoms in total. The highest BCUT2D eigenvalue weighted by atomic mass is 16.6. The summed E-state index contributed by atoms with van der Waals surface area (Å²) in [6.07, 6.45) is 3.53. The summed E-state index contributed by atoms with van der Waals surface area (Å²) in [6, 6.07) is 12.4. The van der Waals surface area contributed by atoms with Crippen LogP contribution in [0.25, 0.3) is 11.0 Å². The molecule has 0 fully saturated rings. The summed E-state index contributed by atoms with van der Waals surface area (Å²) in [5.74, 6) is -0.859. The van der Waals surface area contributed by atoms with E-state index in [1.54, 1.807) is 49.6 Å². The Morgan fingerprint density at radius 1 is 1.12 bits per heavy atom. The molecule has 2 aromatic carbocycles. The topological polar surface area (TPSA) is 81.2 Å². The number of benzene rings is 2. The Kier molecular flexibility index (Phi) is 3.46. The number of amides is 1. The van der Waals surface area contributed by atoms with Gasteiger partial charge in [-0.3, -0.25) is 14.8 Å². The predicted molar refractivity (Wildman–Crippen MR) is 92.1 cm³/mol. The zero-order valence-electron chi connectivity index (χ0n) is 13.5. The monoisotopic (exact) mass is 333 g/mol. The van der Waals surface area contributed by atoms with Crippen LogP contribution in [0.15, 0.2) is 54.9 Å². The normalized spacial score (nSPS) is 19.2. The maximum atomic E-state index is 12.8. The first-order valence-corrected chi connectivity index (χ1v) is 7.89. The van der Waals surface area contributed by atoms with Crippen molar-refractivity contribution in [2.45, 2.75) is 18.9 Å². The third kappa shape index (κ3) is 2.71. The van der Waals surface area contributed by atoms with Crippen LogP contribution in [0.5, 0.6) is 0 Å². The minimum absolute atomic E-state index is 0.328. The maximum absolute atomic E-state index is 12.8. The van der Waals surface area contributed by atoms with Crippen molar-refractivity contribution < 1.29 is 14.3 Å². The summed E-state index contributed by atoms with van der Waals surface area (Å²) in [5, 5.41) is 2.81. The van der Waals surface area contributed by atoms with Crippen LogP contribution in [0, 0.1) is 0 Å². The Hall–Kier alpha value is -3.28. The molecule has 1 atom stereocenters. The lowest BCUT2D eigenvalue weighted by Crippen LogP contribution is -2.48. The van der Waals surface area contributed by atoms with Crippen LogP contribution < -0.4 is 5.32 Å². The molecule has 1 N–H and O–H groups in total. The van der Waals surface area contributed by atoms with E-state index in [9.17, 15) is 9.59 Å². The number of nitrogens with zero attached hydrogens (tertiary/aromatic N) is 2. The molecule has 6 heteroatoms. The molecule has 0 radical (unpaired) electrons. The number of anilines is 1. The van der Waals surface area contributed by atoms with Gasteiger partial charge in [0.25, 0.3) is 5.91 Å². The maximum Gasteiger partial charge on any atom is 0.339 e. The quantitative estimate of drug-likeness (QED) is 0.729. The van der Waals surface area contributed by atoms with E-state index in [0.29, 0.717) is 23.2 Å². The highest BCUT2D eigenvalue weighted by Crippen LogP contribution is 2.29. The van der Waals surface area contributed by atoms with Gasteiger partial charge in [-0.25, -0.2) is 4.79 Å². The number of fused-ring (bicyclic) bond motifs is 2. The number of ether oxygens (including phenoxy) is 1. The van der Waals surface area contributed by atoms with Gasteiger partial charge in [0.1, 0.15) is 0 Å². The molecule has 0 aliphatic carbocycles. The van der Waals surface area contributed by atoms with Crippen molar-refractivity contribution >= 4 is 28.6 Å². The average Bonchev–Trinajstić information content (AvgIpc) is 2.61. The number of esters is 1. The fourth-order valence-electron chi connectivity index (χ4n) is 2.96. The van der Waals surface area contributed by atoms with Crippen LogP contribution in [0.2, 0.25) is 0 Å². The summed E-state index contributed by atoms with van der Waals surface area (Å²) >= 11 is 0. The summed E-state index contributed by atoms with van der Waals surface area (Å²) < 4.78 is 5.44. The summed E-state index contributed by atoms with van der Waals surface area (Å²) in [4.78, 5) is 33.4. The van der Waals surface area contributed by atoms with E-state index in [2.05, 4.69) is 15.3 Å². The molecular formula is C19H15N3O3. The number of hydrogen-bond acceptors (Lipinski definition) is 5. The van der Waals surface area contributed by atoms with Gasteiger partial charge in [-0.1, -0.05) is 18.2 Å². The molecule has 3 aromatic rings. The number of aromatic nitrogens is 2. The van der Waals surface area contributed by atoms with Gasteiger partial charge in [-0.2, -0.15) is 0 Å². The number of rotatable bonds is 2. The van der Waals surface area contributed by atoms with Gasteiger partial charge in [0, 0.05) is 24.5 Å². The fraction of sp³-hybridized carbons (Fsp3) is 0.158. The SMILES string of the molecule is C[C@]1(C(=O)Nc2ccc3nccnc3c2)Cc2ccccc2C(=O)O1. The van der Waals surface area contributed by atoms with E-state index in [-0.39, 0.29) is 5.91 Å². The zero-order valence-corrected chi connectivity index (χ0v) is 13.5. The molecule has 0 spiro atoms. The van der Waals surface area contributed by atoms with E-state index in [0.717, 1.165) is 11.1 Å².